The summed E-state index contributed by atoms with van der Waals surface area (Å²) >= 11 is 0. The Labute approximate surface area is 129 Å². The maximum atomic E-state index is 12.8. The normalized spacial score (nSPS) is 18.7. The van der Waals surface area contributed by atoms with Gasteiger partial charge in [-0.3, -0.25) is 9.59 Å². The Hall–Kier alpha value is -1.06. The standard InChI is InChI=1S/C17H31NO3/c1-13(15(19)21-5)12-18(16(20)17(2,3)4)14-10-8-6-7-9-11-14/h13-14H,6-12H2,1-5H3. The van der Waals surface area contributed by atoms with Crippen LogP contribution >= 0.6 is 0 Å². The lowest BCUT2D eigenvalue weighted by molar-refractivity contribution is -0.149. The maximum Gasteiger partial charge on any atom is 0.310 e. The Morgan fingerprint density at radius 1 is 1.14 bits per heavy atom. The van der Waals surface area contributed by atoms with Crippen molar-refractivity contribution in [2.24, 2.45) is 11.3 Å². The first-order chi connectivity index (χ1) is 9.77. The number of esters is 1. The second-order valence-corrected chi connectivity index (χ2v) is 7.28. The zero-order chi connectivity index (χ0) is 16.0. The quantitative estimate of drug-likeness (QED) is 0.590. The Morgan fingerprint density at radius 2 is 1.67 bits per heavy atom. The largest absolute Gasteiger partial charge is 0.469 e. The molecular weight excluding hydrogens is 266 g/mol. The first-order valence-corrected chi connectivity index (χ1v) is 8.16. The van der Waals surface area contributed by atoms with Crippen molar-refractivity contribution in [2.45, 2.75) is 72.3 Å². The summed E-state index contributed by atoms with van der Waals surface area (Å²) in [6.45, 7) is 8.14. The molecule has 0 aromatic rings. The summed E-state index contributed by atoms with van der Waals surface area (Å²) in [5.41, 5.74) is -0.415. The number of nitrogens with zero attached hydrogens (tertiary/aromatic N) is 1. The van der Waals surface area contributed by atoms with Crippen LogP contribution in [0, 0.1) is 11.3 Å². The van der Waals surface area contributed by atoms with Crippen LogP contribution in [0.5, 0.6) is 0 Å². The Balaban J connectivity index is 2.88. The summed E-state index contributed by atoms with van der Waals surface area (Å²) in [7, 11) is 1.40. The summed E-state index contributed by atoms with van der Waals surface area (Å²) in [4.78, 5) is 26.5. The van der Waals surface area contributed by atoms with E-state index in [9.17, 15) is 9.59 Å². The highest BCUT2D eigenvalue weighted by Gasteiger charge is 2.34. The van der Waals surface area contributed by atoms with E-state index in [2.05, 4.69) is 0 Å². The molecule has 1 atom stereocenters. The van der Waals surface area contributed by atoms with Crippen molar-refractivity contribution in [3.63, 3.8) is 0 Å². The molecule has 4 nitrogen and oxygen atoms in total. The van der Waals surface area contributed by atoms with Gasteiger partial charge in [0.05, 0.1) is 13.0 Å². The molecule has 1 saturated carbocycles. The fraction of sp³-hybridized carbons (Fsp3) is 0.882. The third kappa shape index (κ3) is 5.33. The maximum absolute atomic E-state index is 12.8. The van der Waals surface area contributed by atoms with Crippen molar-refractivity contribution in [1.29, 1.82) is 0 Å². The molecule has 1 unspecified atom stereocenters. The smallest absolute Gasteiger partial charge is 0.310 e. The molecule has 0 aromatic carbocycles. The molecular formula is C17H31NO3. The van der Waals surface area contributed by atoms with Crippen LogP contribution in [0.2, 0.25) is 0 Å². The molecule has 0 radical (unpaired) electrons. The number of methoxy groups -OCH3 is 1. The molecule has 1 amide bonds. The van der Waals surface area contributed by atoms with E-state index in [1.165, 1.54) is 32.8 Å². The number of hydrogen-bond donors (Lipinski definition) is 0. The molecule has 21 heavy (non-hydrogen) atoms. The minimum atomic E-state index is -0.415. The van der Waals surface area contributed by atoms with Gasteiger partial charge in [0.25, 0.3) is 0 Å². The molecule has 1 rings (SSSR count). The van der Waals surface area contributed by atoms with Crippen LogP contribution in [0.1, 0.15) is 66.2 Å². The van der Waals surface area contributed by atoms with E-state index in [1.54, 1.807) is 0 Å². The fourth-order valence-corrected chi connectivity index (χ4v) is 2.97. The predicted octanol–water partition coefficient (Wildman–Crippen LogP) is 3.39. The van der Waals surface area contributed by atoms with Crippen LogP contribution < -0.4 is 0 Å². The third-order valence-corrected chi connectivity index (χ3v) is 4.24. The summed E-state index contributed by atoms with van der Waals surface area (Å²) in [5.74, 6) is -0.370. The fourth-order valence-electron chi connectivity index (χ4n) is 2.97. The van der Waals surface area contributed by atoms with E-state index in [-0.39, 0.29) is 23.8 Å². The summed E-state index contributed by atoms with van der Waals surface area (Å²) in [5, 5.41) is 0. The molecule has 0 aromatic heterocycles. The molecule has 0 aliphatic heterocycles. The summed E-state index contributed by atoms with van der Waals surface area (Å²) in [6, 6.07) is 0.270. The number of amides is 1. The van der Waals surface area contributed by atoms with Gasteiger partial charge in [-0.2, -0.15) is 0 Å². The predicted molar refractivity (Wildman–Crippen MR) is 83.8 cm³/mol. The number of carbonyl (C=O) groups is 2. The average Bonchev–Trinajstić information content (AvgIpc) is 2.70. The number of carbonyl (C=O) groups excluding carboxylic acids is 2. The monoisotopic (exact) mass is 297 g/mol. The van der Waals surface area contributed by atoms with E-state index < -0.39 is 5.41 Å². The van der Waals surface area contributed by atoms with Gasteiger partial charge in [-0.15, -0.1) is 0 Å². The number of rotatable bonds is 4. The average molecular weight is 297 g/mol. The zero-order valence-corrected chi connectivity index (χ0v) is 14.3. The van der Waals surface area contributed by atoms with E-state index in [0.29, 0.717) is 6.54 Å². The van der Waals surface area contributed by atoms with Crippen molar-refractivity contribution in [3.8, 4) is 0 Å². The third-order valence-electron chi connectivity index (χ3n) is 4.24. The highest BCUT2D eigenvalue weighted by molar-refractivity contribution is 5.82. The van der Waals surface area contributed by atoms with Gasteiger partial charge in [0.2, 0.25) is 5.91 Å². The number of ether oxygens (including phenoxy) is 1. The van der Waals surface area contributed by atoms with Crippen molar-refractivity contribution in [1.82, 2.24) is 4.90 Å². The van der Waals surface area contributed by atoms with Gasteiger partial charge >= 0.3 is 5.97 Å². The Morgan fingerprint density at radius 3 is 2.10 bits per heavy atom. The lowest BCUT2D eigenvalue weighted by Crippen LogP contribution is -2.48. The molecule has 0 spiro atoms. The van der Waals surface area contributed by atoms with Gasteiger partial charge in [0, 0.05) is 18.0 Å². The summed E-state index contributed by atoms with van der Waals surface area (Å²) in [6.07, 6.45) is 6.95. The lowest BCUT2D eigenvalue weighted by atomic mass is 9.92. The minimum Gasteiger partial charge on any atom is -0.469 e. The van der Waals surface area contributed by atoms with E-state index >= 15 is 0 Å². The van der Waals surface area contributed by atoms with E-state index in [0.717, 1.165) is 12.8 Å². The van der Waals surface area contributed by atoms with Crippen LogP contribution in [0.3, 0.4) is 0 Å². The van der Waals surface area contributed by atoms with Crippen LogP contribution in [-0.2, 0) is 14.3 Å². The van der Waals surface area contributed by atoms with Crippen LogP contribution in [0.4, 0.5) is 0 Å². The van der Waals surface area contributed by atoms with Gasteiger partial charge in [0.1, 0.15) is 0 Å². The molecule has 1 aliphatic rings. The zero-order valence-electron chi connectivity index (χ0n) is 14.3. The van der Waals surface area contributed by atoms with Crippen LogP contribution in [0.15, 0.2) is 0 Å². The highest BCUT2D eigenvalue weighted by Crippen LogP contribution is 2.27. The van der Waals surface area contributed by atoms with Gasteiger partial charge in [0.15, 0.2) is 0 Å². The van der Waals surface area contributed by atoms with Gasteiger partial charge < -0.3 is 9.64 Å². The lowest BCUT2D eigenvalue weighted by Gasteiger charge is -2.37. The van der Waals surface area contributed by atoms with Crippen LogP contribution in [-0.4, -0.2) is 36.5 Å². The highest BCUT2D eigenvalue weighted by atomic mass is 16.5. The molecule has 0 bridgehead atoms. The molecule has 122 valence electrons. The van der Waals surface area contributed by atoms with Crippen molar-refractivity contribution < 1.29 is 14.3 Å². The van der Waals surface area contributed by atoms with Gasteiger partial charge in [-0.05, 0) is 12.8 Å². The Bertz CT molecular complexity index is 352. The molecule has 0 saturated heterocycles. The minimum absolute atomic E-state index is 0.144. The molecule has 0 heterocycles. The molecule has 0 N–H and O–H groups in total. The molecule has 1 fully saturated rings. The number of hydrogen-bond acceptors (Lipinski definition) is 3. The first kappa shape index (κ1) is 18.0. The van der Waals surface area contributed by atoms with E-state index in [1.807, 2.05) is 32.6 Å². The molecule has 4 heteroatoms. The van der Waals surface area contributed by atoms with Crippen LogP contribution in [0.25, 0.3) is 0 Å². The second-order valence-electron chi connectivity index (χ2n) is 7.28. The first-order valence-electron chi connectivity index (χ1n) is 8.16. The van der Waals surface area contributed by atoms with Gasteiger partial charge in [-0.1, -0.05) is 53.4 Å². The Kier molecular flexibility index (Phi) is 6.69. The van der Waals surface area contributed by atoms with Crippen molar-refractivity contribution >= 4 is 11.9 Å². The van der Waals surface area contributed by atoms with Crippen molar-refractivity contribution in [2.75, 3.05) is 13.7 Å². The van der Waals surface area contributed by atoms with Gasteiger partial charge in [-0.25, -0.2) is 0 Å². The molecule has 1 aliphatic carbocycles. The SMILES string of the molecule is COC(=O)C(C)CN(C(=O)C(C)(C)C)C1CCCCCC1. The summed E-state index contributed by atoms with van der Waals surface area (Å²) < 4.78 is 4.81. The van der Waals surface area contributed by atoms with Crippen molar-refractivity contribution in [3.05, 3.63) is 0 Å². The van der Waals surface area contributed by atoms with E-state index in [4.69, 9.17) is 4.74 Å². The second kappa shape index (κ2) is 7.81. The topological polar surface area (TPSA) is 46.6 Å².